The SMILES string of the molecule is CC(C)[C@@H](N)C(=O)Nc1ccc2[nH]ccc2c1. The smallest absolute Gasteiger partial charge is 0.241 e. The summed E-state index contributed by atoms with van der Waals surface area (Å²) in [7, 11) is 0. The molecule has 0 saturated carbocycles. The largest absolute Gasteiger partial charge is 0.361 e. The van der Waals surface area contributed by atoms with Gasteiger partial charge in [-0.25, -0.2) is 0 Å². The zero-order chi connectivity index (χ0) is 12.4. The summed E-state index contributed by atoms with van der Waals surface area (Å²) in [6, 6.07) is 7.22. The lowest BCUT2D eigenvalue weighted by Gasteiger charge is -2.15. The number of anilines is 1. The van der Waals surface area contributed by atoms with Gasteiger partial charge in [0.25, 0.3) is 0 Å². The van der Waals surface area contributed by atoms with E-state index < -0.39 is 6.04 Å². The number of benzene rings is 1. The fourth-order valence-corrected chi connectivity index (χ4v) is 1.66. The van der Waals surface area contributed by atoms with Gasteiger partial charge in [0.05, 0.1) is 6.04 Å². The number of rotatable bonds is 3. The molecule has 0 aliphatic rings. The molecule has 2 aromatic rings. The average molecular weight is 231 g/mol. The van der Waals surface area contributed by atoms with Gasteiger partial charge in [0.2, 0.25) is 5.91 Å². The van der Waals surface area contributed by atoms with Crippen molar-refractivity contribution in [3.8, 4) is 0 Å². The first-order valence-electron chi connectivity index (χ1n) is 5.71. The highest BCUT2D eigenvalue weighted by atomic mass is 16.2. The number of amides is 1. The van der Waals surface area contributed by atoms with Crippen LogP contribution in [-0.4, -0.2) is 16.9 Å². The number of H-pyrrole nitrogens is 1. The van der Waals surface area contributed by atoms with Gasteiger partial charge in [-0.1, -0.05) is 13.8 Å². The molecule has 2 rings (SSSR count). The van der Waals surface area contributed by atoms with Gasteiger partial charge in [-0.3, -0.25) is 4.79 Å². The molecule has 0 unspecified atom stereocenters. The summed E-state index contributed by atoms with van der Waals surface area (Å²) in [4.78, 5) is 14.9. The zero-order valence-corrected chi connectivity index (χ0v) is 10.0. The predicted octanol–water partition coefficient (Wildman–Crippen LogP) is 2.09. The third kappa shape index (κ3) is 2.47. The standard InChI is InChI=1S/C13H17N3O/c1-8(2)12(14)13(17)16-10-3-4-11-9(7-10)5-6-15-11/h3-8,12,15H,14H2,1-2H3,(H,16,17)/t12-/m1/s1. The van der Waals surface area contributed by atoms with Gasteiger partial charge >= 0.3 is 0 Å². The molecule has 0 aliphatic carbocycles. The van der Waals surface area contributed by atoms with Crippen molar-refractivity contribution in [3.05, 3.63) is 30.5 Å². The Hall–Kier alpha value is -1.81. The normalized spacial score (nSPS) is 12.9. The molecule has 1 heterocycles. The molecule has 4 heteroatoms. The van der Waals surface area contributed by atoms with Crippen LogP contribution in [0.3, 0.4) is 0 Å². The van der Waals surface area contributed by atoms with Crippen LogP contribution in [0.15, 0.2) is 30.5 Å². The lowest BCUT2D eigenvalue weighted by molar-refractivity contribution is -0.118. The number of fused-ring (bicyclic) bond motifs is 1. The molecule has 1 amide bonds. The molecule has 0 spiro atoms. The molecular weight excluding hydrogens is 214 g/mol. The molecule has 0 fully saturated rings. The van der Waals surface area contributed by atoms with Crippen LogP contribution in [0.2, 0.25) is 0 Å². The molecule has 1 atom stereocenters. The Kier molecular flexibility index (Phi) is 3.15. The summed E-state index contributed by atoms with van der Waals surface area (Å²) in [6.07, 6.45) is 1.87. The number of carbonyl (C=O) groups is 1. The van der Waals surface area contributed by atoms with Crippen LogP contribution < -0.4 is 11.1 Å². The second kappa shape index (κ2) is 4.59. The van der Waals surface area contributed by atoms with Crippen LogP contribution in [0.4, 0.5) is 5.69 Å². The molecule has 1 aromatic carbocycles. The molecule has 0 aliphatic heterocycles. The van der Waals surface area contributed by atoms with E-state index in [1.54, 1.807) is 0 Å². The van der Waals surface area contributed by atoms with Gasteiger partial charge in [-0.05, 0) is 30.2 Å². The van der Waals surface area contributed by atoms with Crippen LogP contribution >= 0.6 is 0 Å². The number of nitrogens with one attached hydrogen (secondary N) is 2. The molecule has 0 radical (unpaired) electrons. The minimum atomic E-state index is -0.475. The molecular formula is C13H17N3O. The van der Waals surface area contributed by atoms with E-state index in [0.29, 0.717) is 0 Å². The number of aromatic nitrogens is 1. The molecule has 4 N–H and O–H groups in total. The van der Waals surface area contributed by atoms with Crippen molar-refractivity contribution < 1.29 is 4.79 Å². The van der Waals surface area contributed by atoms with Crippen LogP contribution in [0.5, 0.6) is 0 Å². The number of hydrogen-bond acceptors (Lipinski definition) is 2. The maximum Gasteiger partial charge on any atom is 0.241 e. The van der Waals surface area contributed by atoms with E-state index >= 15 is 0 Å². The first-order valence-corrected chi connectivity index (χ1v) is 5.71. The Labute approximate surface area is 100 Å². The number of hydrogen-bond donors (Lipinski definition) is 3. The van der Waals surface area contributed by atoms with E-state index in [9.17, 15) is 4.79 Å². The van der Waals surface area contributed by atoms with E-state index in [2.05, 4.69) is 10.3 Å². The van der Waals surface area contributed by atoms with Gasteiger partial charge in [0, 0.05) is 22.8 Å². The molecule has 0 bridgehead atoms. The highest BCUT2D eigenvalue weighted by Crippen LogP contribution is 2.18. The van der Waals surface area contributed by atoms with Crippen molar-refractivity contribution in [2.24, 2.45) is 11.7 Å². The average Bonchev–Trinajstić information content (AvgIpc) is 2.74. The van der Waals surface area contributed by atoms with E-state index in [0.717, 1.165) is 16.6 Å². The molecule has 17 heavy (non-hydrogen) atoms. The number of nitrogens with two attached hydrogens (primary N) is 1. The van der Waals surface area contributed by atoms with Gasteiger partial charge in [-0.15, -0.1) is 0 Å². The maximum absolute atomic E-state index is 11.8. The van der Waals surface area contributed by atoms with Crippen LogP contribution in [0, 0.1) is 5.92 Å². The monoisotopic (exact) mass is 231 g/mol. The first-order chi connectivity index (χ1) is 8.08. The first kappa shape index (κ1) is 11.7. The Bertz CT molecular complexity index is 530. The molecule has 4 nitrogen and oxygen atoms in total. The van der Waals surface area contributed by atoms with Gasteiger partial charge < -0.3 is 16.0 Å². The molecule has 90 valence electrons. The van der Waals surface area contributed by atoms with Gasteiger partial charge in [0.1, 0.15) is 0 Å². The summed E-state index contributed by atoms with van der Waals surface area (Å²) in [6.45, 7) is 3.86. The third-order valence-corrected chi connectivity index (χ3v) is 2.84. The Balaban J connectivity index is 2.15. The number of carbonyl (C=O) groups excluding carboxylic acids is 1. The van der Waals surface area contributed by atoms with Crippen molar-refractivity contribution in [3.63, 3.8) is 0 Å². The van der Waals surface area contributed by atoms with E-state index in [1.807, 2.05) is 44.3 Å². The van der Waals surface area contributed by atoms with E-state index in [-0.39, 0.29) is 11.8 Å². The predicted molar refractivity (Wildman–Crippen MR) is 69.7 cm³/mol. The maximum atomic E-state index is 11.8. The molecule has 0 saturated heterocycles. The van der Waals surface area contributed by atoms with Gasteiger partial charge in [-0.2, -0.15) is 0 Å². The van der Waals surface area contributed by atoms with Crippen molar-refractivity contribution in [1.29, 1.82) is 0 Å². The lowest BCUT2D eigenvalue weighted by Crippen LogP contribution is -2.39. The number of aromatic amines is 1. The van der Waals surface area contributed by atoms with Crippen molar-refractivity contribution in [2.45, 2.75) is 19.9 Å². The van der Waals surface area contributed by atoms with Crippen molar-refractivity contribution in [2.75, 3.05) is 5.32 Å². The minimum absolute atomic E-state index is 0.131. The van der Waals surface area contributed by atoms with E-state index in [4.69, 9.17) is 5.73 Å². The second-order valence-electron chi connectivity index (χ2n) is 4.54. The summed E-state index contributed by atoms with van der Waals surface area (Å²) in [5.74, 6) is -0.0131. The fraction of sp³-hybridized carbons (Fsp3) is 0.308. The molecule has 1 aromatic heterocycles. The summed E-state index contributed by atoms with van der Waals surface area (Å²) >= 11 is 0. The quantitative estimate of drug-likeness (QED) is 0.757. The highest BCUT2D eigenvalue weighted by molar-refractivity contribution is 5.96. The van der Waals surface area contributed by atoms with Crippen LogP contribution in [-0.2, 0) is 4.79 Å². The Morgan fingerprint density at radius 3 is 2.82 bits per heavy atom. The topological polar surface area (TPSA) is 70.9 Å². The summed E-state index contributed by atoms with van der Waals surface area (Å²) < 4.78 is 0. The van der Waals surface area contributed by atoms with Crippen LogP contribution in [0.1, 0.15) is 13.8 Å². The van der Waals surface area contributed by atoms with Crippen molar-refractivity contribution in [1.82, 2.24) is 4.98 Å². The van der Waals surface area contributed by atoms with E-state index in [1.165, 1.54) is 0 Å². The fourth-order valence-electron chi connectivity index (χ4n) is 1.66. The minimum Gasteiger partial charge on any atom is -0.361 e. The zero-order valence-electron chi connectivity index (χ0n) is 10.0. The van der Waals surface area contributed by atoms with Gasteiger partial charge in [0.15, 0.2) is 0 Å². The lowest BCUT2D eigenvalue weighted by atomic mass is 10.0. The Morgan fingerprint density at radius 1 is 1.35 bits per heavy atom. The van der Waals surface area contributed by atoms with Crippen molar-refractivity contribution >= 4 is 22.5 Å². The highest BCUT2D eigenvalue weighted by Gasteiger charge is 2.17. The van der Waals surface area contributed by atoms with Crippen LogP contribution in [0.25, 0.3) is 10.9 Å². The third-order valence-electron chi connectivity index (χ3n) is 2.84. The summed E-state index contributed by atoms with van der Waals surface area (Å²) in [5.41, 5.74) is 7.61. The summed E-state index contributed by atoms with van der Waals surface area (Å²) in [5, 5.41) is 3.90. The Morgan fingerprint density at radius 2 is 2.12 bits per heavy atom. The second-order valence-corrected chi connectivity index (χ2v) is 4.54.